The van der Waals surface area contributed by atoms with E-state index >= 15 is 0 Å². The maximum Gasteiger partial charge on any atom is 0.171 e. The normalized spacial score (nSPS) is 11.8. The zero-order chi connectivity index (χ0) is 16.7. The third-order valence-corrected chi connectivity index (χ3v) is 3.76. The molecule has 2 rings (SSSR count). The molecule has 0 spiro atoms. The molecule has 2 N–H and O–H groups in total. The lowest BCUT2D eigenvalue weighted by atomic mass is 9.97. The molecule has 0 fully saturated rings. The first kappa shape index (κ1) is 17.3. The number of nitrogens with one attached hydrogen (secondary N) is 2. The second kappa shape index (κ2) is 8.53. The number of benzene rings is 2. The molecule has 0 aliphatic carbocycles. The van der Waals surface area contributed by atoms with Gasteiger partial charge in [0.05, 0.1) is 13.2 Å². The minimum atomic E-state index is 0.196. The van der Waals surface area contributed by atoms with Gasteiger partial charge < -0.3 is 15.4 Å². The third-order valence-electron chi connectivity index (χ3n) is 3.54. The Morgan fingerprint density at radius 1 is 1.09 bits per heavy atom. The number of hydrogen-bond donors (Lipinski definition) is 2. The molecule has 0 aliphatic rings. The van der Waals surface area contributed by atoms with E-state index in [1.54, 1.807) is 7.11 Å². The highest BCUT2D eigenvalue weighted by Gasteiger charge is 2.14. The van der Waals surface area contributed by atoms with E-state index < -0.39 is 0 Å². The number of thiocarbonyl (C=S) groups is 1. The Bertz CT molecular complexity index is 628. The average molecular weight is 328 g/mol. The highest BCUT2D eigenvalue weighted by Crippen LogP contribution is 2.22. The van der Waals surface area contributed by atoms with Crippen molar-refractivity contribution in [1.29, 1.82) is 0 Å². The highest BCUT2D eigenvalue weighted by molar-refractivity contribution is 7.80. The summed E-state index contributed by atoms with van der Waals surface area (Å²) < 4.78 is 5.24. The van der Waals surface area contributed by atoms with Gasteiger partial charge in [-0.25, -0.2) is 0 Å². The lowest BCUT2D eigenvalue weighted by Crippen LogP contribution is -2.33. The molecule has 0 heterocycles. The summed E-state index contributed by atoms with van der Waals surface area (Å²) in [6, 6.07) is 18.3. The second-order valence-electron chi connectivity index (χ2n) is 5.92. The molecule has 3 nitrogen and oxygen atoms in total. The lowest BCUT2D eigenvalue weighted by Gasteiger charge is -2.23. The van der Waals surface area contributed by atoms with Crippen LogP contribution in [0.15, 0.2) is 54.6 Å². The molecule has 0 aliphatic heterocycles. The molecule has 0 amide bonds. The van der Waals surface area contributed by atoms with E-state index in [9.17, 15) is 0 Å². The summed E-state index contributed by atoms with van der Waals surface area (Å²) in [4.78, 5) is 0. The van der Waals surface area contributed by atoms with Crippen LogP contribution < -0.4 is 15.4 Å². The van der Waals surface area contributed by atoms with E-state index in [1.807, 2.05) is 30.3 Å². The van der Waals surface area contributed by atoms with E-state index in [0.717, 1.165) is 17.9 Å². The van der Waals surface area contributed by atoms with Crippen molar-refractivity contribution < 1.29 is 4.74 Å². The lowest BCUT2D eigenvalue weighted by molar-refractivity contribution is 0.415. The summed E-state index contributed by atoms with van der Waals surface area (Å²) in [5.74, 6) is 1.38. The van der Waals surface area contributed by atoms with Crippen LogP contribution in [0.5, 0.6) is 5.75 Å². The van der Waals surface area contributed by atoms with Crippen molar-refractivity contribution >= 4 is 23.0 Å². The van der Waals surface area contributed by atoms with Crippen LogP contribution in [0.4, 0.5) is 5.69 Å². The molecule has 0 bridgehead atoms. The summed E-state index contributed by atoms with van der Waals surface area (Å²) in [7, 11) is 1.66. The first-order valence-corrected chi connectivity index (χ1v) is 8.26. The Morgan fingerprint density at radius 3 is 2.48 bits per heavy atom. The summed E-state index contributed by atoms with van der Waals surface area (Å²) in [5, 5.41) is 7.28. The van der Waals surface area contributed by atoms with Crippen LogP contribution in [0.3, 0.4) is 0 Å². The fourth-order valence-corrected chi connectivity index (χ4v) is 2.72. The Hall–Kier alpha value is -2.07. The zero-order valence-electron chi connectivity index (χ0n) is 13.9. The van der Waals surface area contributed by atoms with Crippen LogP contribution >= 0.6 is 12.2 Å². The van der Waals surface area contributed by atoms with Crippen LogP contribution in [0.25, 0.3) is 0 Å². The number of rotatable bonds is 6. The Morgan fingerprint density at radius 2 is 1.83 bits per heavy atom. The molecular formula is C19H24N2OS. The summed E-state index contributed by atoms with van der Waals surface area (Å²) >= 11 is 5.48. The topological polar surface area (TPSA) is 33.3 Å². The van der Waals surface area contributed by atoms with Crippen LogP contribution in [-0.2, 0) is 0 Å². The first-order chi connectivity index (χ1) is 11.1. The van der Waals surface area contributed by atoms with Gasteiger partial charge in [-0.2, -0.15) is 0 Å². The standard InChI is InChI=1S/C19H24N2OS/c1-14(2)12-18(15-8-5-4-6-9-15)21-19(23)20-16-10-7-11-17(13-16)22-3/h4-11,13-14,18H,12H2,1-3H3,(H2,20,21,23)/t18-/m0/s1. The van der Waals surface area contributed by atoms with Gasteiger partial charge in [0, 0.05) is 11.8 Å². The maximum atomic E-state index is 5.48. The molecule has 0 unspecified atom stereocenters. The first-order valence-electron chi connectivity index (χ1n) is 7.85. The van der Waals surface area contributed by atoms with E-state index in [2.05, 4.69) is 48.7 Å². The summed E-state index contributed by atoms with van der Waals surface area (Å²) in [6.45, 7) is 4.44. The molecule has 0 saturated heterocycles. The predicted molar refractivity (Wildman–Crippen MR) is 101 cm³/mol. The van der Waals surface area contributed by atoms with Crippen molar-refractivity contribution in [2.75, 3.05) is 12.4 Å². The number of hydrogen-bond acceptors (Lipinski definition) is 2. The van der Waals surface area contributed by atoms with E-state index in [-0.39, 0.29) is 6.04 Å². The third kappa shape index (κ3) is 5.57. The molecule has 2 aromatic rings. The van der Waals surface area contributed by atoms with Crippen molar-refractivity contribution in [3.63, 3.8) is 0 Å². The number of anilines is 1. The van der Waals surface area contributed by atoms with Gasteiger partial charge in [-0.05, 0) is 42.3 Å². The summed E-state index contributed by atoms with van der Waals surface area (Å²) in [5.41, 5.74) is 2.16. The van der Waals surface area contributed by atoms with Crippen molar-refractivity contribution in [3.8, 4) is 5.75 Å². The SMILES string of the molecule is COc1cccc(NC(=S)N[C@@H](CC(C)C)c2ccccc2)c1. The van der Waals surface area contributed by atoms with Crippen molar-refractivity contribution in [2.24, 2.45) is 5.92 Å². The average Bonchev–Trinajstić information content (AvgIpc) is 2.54. The Kier molecular flexibility index (Phi) is 6.41. The zero-order valence-corrected chi connectivity index (χ0v) is 14.7. The molecule has 1 atom stereocenters. The Labute approximate surface area is 144 Å². The molecule has 0 saturated carbocycles. The minimum Gasteiger partial charge on any atom is -0.497 e. The molecular weight excluding hydrogens is 304 g/mol. The fourth-order valence-electron chi connectivity index (χ4n) is 2.46. The molecule has 0 radical (unpaired) electrons. The predicted octanol–water partition coefficient (Wildman–Crippen LogP) is 4.77. The van der Waals surface area contributed by atoms with E-state index in [4.69, 9.17) is 17.0 Å². The minimum absolute atomic E-state index is 0.196. The van der Waals surface area contributed by atoms with Gasteiger partial charge in [0.1, 0.15) is 5.75 Å². The van der Waals surface area contributed by atoms with Gasteiger partial charge in [-0.3, -0.25) is 0 Å². The van der Waals surface area contributed by atoms with Crippen molar-refractivity contribution in [3.05, 3.63) is 60.2 Å². The highest BCUT2D eigenvalue weighted by atomic mass is 32.1. The van der Waals surface area contributed by atoms with Gasteiger partial charge in [0.2, 0.25) is 0 Å². The molecule has 2 aromatic carbocycles. The molecule has 0 aromatic heterocycles. The molecule has 122 valence electrons. The fraction of sp³-hybridized carbons (Fsp3) is 0.316. The number of methoxy groups -OCH3 is 1. The van der Waals surface area contributed by atoms with Crippen LogP contribution in [-0.4, -0.2) is 12.2 Å². The molecule has 23 heavy (non-hydrogen) atoms. The van der Waals surface area contributed by atoms with Gasteiger partial charge in [-0.1, -0.05) is 50.2 Å². The molecule has 4 heteroatoms. The van der Waals surface area contributed by atoms with Crippen molar-refractivity contribution in [2.45, 2.75) is 26.3 Å². The van der Waals surface area contributed by atoms with Crippen LogP contribution in [0.2, 0.25) is 0 Å². The second-order valence-corrected chi connectivity index (χ2v) is 6.33. The van der Waals surface area contributed by atoms with Gasteiger partial charge >= 0.3 is 0 Å². The smallest absolute Gasteiger partial charge is 0.171 e. The van der Waals surface area contributed by atoms with Gasteiger partial charge in [0.15, 0.2) is 5.11 Å². The largest absolute Gasteiger partial charge is 0.497 e. The summed E-state index contributed by atoms with van der Waals surface area (Å²) in [6.07, 6.45) is 1.02. The van der Waals surface area contributed by atoms with Crippen molar-refractivity contribution in [1.82, 2.24) is 5.32 Å². The van der Waals surface area contributed by atoms with E-state index in [1.165, 1.54) is 5.56 Å². The maximum absolute atomic E-state index is 5.48. The van der Waals surface area contributed by atoms with Crippen LogP contribution in [0, 0.1) is 5.92 Å². The van der Waals surface area contributed by atoms with Crippen LogP contribution in [0.1, 0.15) is 31.9 Å². The van der Waals surface area contributed by atoms with Gasteiger partial charge in [0.25, 0.3) is 0 Å². The Balaban J connectivity index is 2.05. The van der Waals surface area contributed by atoms with Gasteiger partial charge in [-0.15, -0.1) is 0 Å². The van der Waals surface area contributed by atoms with E-state index in [0.29, 0.717) is 11.0 Å². The quantitative estimate of drug-likeness (QED) is 0.749. The monoisotopic (exact) mass is 328 g/mol. The number of ether oxygens (including phenoxy) is 1.